The predicted molar refractivity (Wildman–Crippen MR) is 160 cm³/mol. The van der Waals surface area contributed by atoms with Crippen molar-refractivity contribution in [3.63, 3.8) is 0 Å². The number of carbonyl (C=O) groups is 6. The third-order valence-electron chi connectivity index (χ3n) is 6.15. The Labute approximate surface area is 272 Å². The van der Waals surface area contributed by atoms with Crippen molar-refractivity contribution < 1.29 is 57.4 Å². The molecule has 20 nitrogen and oxygen atoms in total. The van der Waals surface area contributed by atoms with E-state index in [1.807, 2.05) is 0 Å². The Morgan fingerprint density at radius 3 is 1.26 bits per heavy atom. The lowest BCUT2D eigenvalue weighted by molar-refractivity contribution is -0.198. The summed E-state index contributed by atoms with van der Waals surface area (Å²) in [5.41, 5.74) is 15.9. The van der Waals surface area contributed by atoms with Crippen LogP contribution in [0, 0.1) is 5.41 Å². The third kappa shape index (κ3) is 16.2. The fourth-order valence-electron chi connectivity index (χ4n) is 3.89. The topological polar surface area (TPSA) is 262 Å². The minimum Gasteiger partial charge on any atom is -0.381 e. The monoisotopic (exact) mass is 672 g/mol. The molecule has 20 heteroatoms. The molecule has 0 aromatic heterocycles. The molecule has 0 bridgehead atoms. The molecule has 264 valence electrons. The Bertz CT molecular complexity index is 1040. The number of hydroxylamine groups is 4. The lowest BCUT2D eigenvalue weighted by atomic mass is 9.92. The number of azide groups is 2. The quantitative estimate of drug-likeness (QED) is 0.0471. The molecule has 4 amide bonds. The molecular weight excluding hydrogens is 628 g/mol. The third-order valence-corrected chi connectivity index (χ3v) is 6.15. The van der Waals surface area contributed by atoms with Crippen LogP contribution in [0.15, 0.2) is 10.2 Å². The standard InChI is InChI=1S/C25H36N8O12.2CH4/c26-30-28-9-1-11-40-15-25(16-41-12-2-10-29-31-27,17-42-13-7-23(38)44-32-19(34)3-4-20(32)35)18-43-14-8-24(39)45-33-21(36)5-6-22(33)37;;/h1-18H2;2*1H4. The molecule has 0 unspecified atom stereocenters. The van der Waals surface area contributed by atoms with Crippen LogP contribution in [0.1, 0.15) is 66.2 Å². The molecule has 2 aliphatic rings. The number of hydrogen-bond donors (Lipinski definition) is 0. The average molecular weight is 673 g/mol. The number of ether oxygens (including phenoxy) is 4. The first-order chi connectivity index (χ1) is 21.7. The summed E-state index contributed by atoms with van der Waals surface area (Å²) in [7, 11) is 0. The van der Waals surface area contributed by atoms with E-state index in [2.05, 4.69) is 20.1 Å². The number of nitrogens with zero attached hydrogens (tertiary/aromatic N) is 8. The van der Waals surface area contributed by atoms with Gasteiger partial charge in [0.15, 0.2) is 0 Å². The fraction of sp³-hybridized carbons (Fsp3) is 0.778. The largest absolute Gasteiger partial charge is 0.381 e. The van der Waals surface area contributed by atoms with Crippen LogP contribution < -0.4 is 0 Å². The van der Waals surface area contributed by atoms with Gasteiger partial charge in [0.1, 0.15) is 0 Å². The van der Waals surface area contributed by atoms with Gasteiger partial charge >= 0.3 is 11.9 Å². The van der Waals surface area contributed by atoms with Crippen molar-refractivity contribution >= 4 is 35.6 Å². The molecule has 0 atom stereocenters. The Hall–Kier alpha value is -4.32. The summed E-state index contributed by atoms with van der Waals surface area (Å²) >= 11 is 0. The van der Waals surface area contributed by atoms with Crippen LogP contribution >= 0.6 is 0 Å². The van der Waals surface area contributed by atoms with Crippen molar-refractivity contribution in [1.29, 1.82) is 0 Å². The summed E-state index contributed by atoms with van der Waals surface area (Å²) in [6.45, 7) is 0.416. The molecule has 2 saturated heterocycles. The number of carbonyl (C=O) groups excluding carboxylic acids is 6. The summed E-state index contributed by atoms with van der Waals surface area (Å²) in [4.78, 5) is 86.1. The molecule has 0 aliphatic carbocycles. The van der Waals surface area contributed by atoms with Gasteiger partial charge in [0.05, 0.1) is 57.9 Å². The molecule has 0 spiro atoms. The molecule has 0 aromatic carbocycles. The van der Waals surface area contributed by atoms with Crippen LogP contribution in [0.3, 0.4) is 0 Å². The average Bonchev–Trinajstić information content (AvgIpc) is 3.51. The van der Waals surface area contributed by atoms with E-state index in [1.165, 1.54) is 0 Å². The zero-order valence-corrected chi connectivity index (χ0v) is 24.7. The highest BCUT2D eigenvalue weighted by molar-refractivity contribution is 6.02. The summed E-state index contributed by atoms with van der Waals surface area (Å²) in [6, 6.07) is 0. The zero-order valence-electron chi connectivity index (χ0n) is 24.7. The van der Waals surface area contributed by atoms with Crippen LogP contribution in [-0.4, -0.2) is 112 Å². The van der Waals surface area contributed by atoms with Gasteiger partial charge in [-0.1, -0.05) is 25.1 Å². The first kappa shape index (κ1) is 42.7. The molecule has 2 fully saturated rings. The Kier molecular flexibility index (Phi) is 21.7. The van der Waals surface area contributed by atoms with Crippen LogP contribution in [0.2, 0.25) is 0 Å². The molecule has 2 heterocycles. The van der Waals surface area contributed by atoms with E-state index in [-0.39, 0.29) is 119 Å². The van der Waals surface area contributed by atoms with Gasteiger partial charge in [-0.2, -0.15) is 0 Å². The SMILES string of the molecule is C.C.[N-]=[N+]=NCCCOCC(COCCCN=[N+]=[N-])(COCCC(=O)ON1C(=O)CCC1=O)COCCC(=O)ON1C(=O)CCC1=O. The Morgan fingerprint density at radius 2 is 0.936 bits per heavy atom. The predicted octanol–water partition coefficient (Wildman–Crippen LogP) is 2.71. The number of rotatable bonds is 24. The van der Waals surface area contributed by atoms with Crippen molar-refractivity contribution in [1.82, 2.24) is 10.1 Å². The zero-order chi connectivity index (χ0) is 32.9. The first-order valence-corrected chi connectivity index (χ1v) is 14.2. The molecule has 0 N–H and O–H groups in total. The molecule has 2 aliphatic heterocycles. The van der Waals surface area contributed by atoms with Crippen molar-refractivity contribution in [2.24, 2.45) is 15.6 Å². The van der Waals surface area contributed by atoms with E-state index in [0.717, 1.165) is 0 Å². The smallest absolute Gasteiger partial charge is 0.335 e. The number of amides is 4. The highest BCUT2D eigenvalue weighted by Gasteiger charge is 2.35. The van der Waals surface area contributed by atoms with Crippen LogP contribution in [0.25, 0.3) is 20.9 Å². The summed E-state index contributed by atoms with van der Waals surface area (Å²) in [5, 5.41) is 7.78. The second kappa shape index (κ2) is 23.9. The van der Waals surface area contributed by atoms with E-state index >= 15 is 0 Å². The van der Waals surface area contributed by atoms with Gasteiger partial charge in [-0.3, -0.25) is 19.2 Å². The van der Waals surface area contributed by atoms with Crippen molar-refractivity contribution in [3.05, 3.63) is 20.9 Å². The Morgan fingerprint density at radius 1 is 0.617 bits per heavy atom. The van der Waals surface area contributed by atoms with Gasteiger partial charge in [-0.15, -0.1) is 10.1 Å². The summed E-state index contributed by atoms with van der Waals surface area (Å²) in [5.74, 6) is -4.13. The van der Waals surface area contributed by atoms with Gasteiger partial charge in [0.2, 0.25) is 0 Å². The van der Waals surface area contributed by atoms with Crippen molar-refractivity contribution in [3.8, 4) is 0 Å². The van der Waals surface area contributed by atoms with E-state index in [1.54, 1.807) is 0 Å². The highest BCUT2D eigenvalue weighted by atomic mass is 16.7. The normalized spacial score (nSPS) is 14.2. The second-order valence-electron chi connectivity index (χ2n) is 9.92. The lowest BCUT2D eigenvalue weighted by Crippen LogP contribution is -2.42. The van der Waals surface area contributed by atoms with Gasteiger partial charge < -0.3 is 28.6 Å². The van der Waals surface area contributed by atoms with E-state index in [0.29, 0.717) is 23.0 Å². The highest BCUT2D eigenvalue weighted by Crippen LogP contribution is 2.22. The molecule has 0 saturated carbocycles. The second-order valence-corrected chi connectivity index (χ2v) is 9.92. The molecule has 2 rings (SSSR count). The van der Waals surface area contributed by atoms with Gasteiger partial charge in [-0.25, -0.2) is 9.59 Å². The Balaban J connectivity index is 0.0000106. The molecule has 0 radical (unpaired) electrons. The fourth-order valence-corrected chi connectivity index (χ4v) is 3.89. The van der Waals surface area contributed by atoms with Crippen LogP contribution in [0.4, 0.5) is 0 Å². The summed E-state index contributed by atoms with van der Waals surface area (Å²) < 4.78 is 23.0. The van der Waals surface area contributed by atoms with E-state index in [4.69, 9.17) is 39.7 Å². The van der Waals surface area contributed by atoms with Crippen LogP contribution in [0.5, 0.6) is 0 Å². The van der Waals surface area contributed by atoms with Gasteiger partial charge in [-0.05, 0) is 23.9 Å². The maximum Gasteiger partial charge on any atom is 0.335 e. The van der Waals surface area contributed by atoms with Gasteiger partial charge in [0, 0.05) is 61.8 Å². The number of imide groups is 2. The van der Waals surface area contributed by atoms with Crippen LogP contribution in [-0.2, 0) is 57.4 Å². The van der Waals surface area contributed by atoms with Crippen molar-refractivity contribution in [2.45, 2.75) is 66.2 Å². The minimum absolute atomic E-state index is 0. The van der Waals surface area contributed by atoms with E-state index < -0.39 is 41.0 Å². The first-order valence-electron chi connectivity index (χ1n) is 14.2. The maximum atomic E-state index is 12.2. The maximum absolute atomic E-state index is 12.2. The van der Waals surface area contributed by atoms with Crippen molar-refractivity contribution in [2.75, 3.05) is 65.9 Å². The van der Waals surface area contributed by atoms with Gasteiger partial charge in [0.25, 0.3) is 23.6 Å². The molecular formula is C27H44N8O12. The summed E-state index contributed by atoms with van der Waals surface area (Å²) in [6.07, 6.45) is 0.128. The number of hydrogen-bond acceptors (Lipinski definition) is 14. The molecule has 0 aromatic rings. The van der Waals surface area contributed by atoms with E-state index in [9.17, 15) is 28.8 Å². The molecule has 47 heavy (non-hydrogen) atoms. The minimum atomic E-state index is -0.993. The lowest BCUT2D eigenvalue weighted by Gasteiger charge is -2.33.